The Labute approximate surface area is 340 Å². The van der Waals surface area contributed by atoms with E-state index in [0.29, 0.717) is 43.8 Å². The van der Waals surface area contributed by atoms with E-state index in [-0.39, 0.29) is 94.3 Å². The standard InChI is InChI=1S/C40H44F5N7O6S/c1-39(2,3)58-38(55)52-21-7-8-22(52)19-51(18-21)36-25-16-27(40(43,44)45)31(24-9-10-28(41)34-30(24)26(17-46)35(47)59-34)32(42)33(25)48-37(49-36)57-20-23-6-4-12-50(23)13-5-14-56-15-11-29(53)54/h9-10,16,21-23H,4-8,11-15,18-20,47H2,1-3H3,(H,53,54)/t21?,22?,23-/m0/s1. The predicted octanol–water partition coefficient (Wildman–Crippen LogP) is 7.58. The second kappa shape index (κ2) is 16.5. The normalized spacial score (nSPS) is 19.8. The topological polar surface area (TPSA) is 167 Å². The molecule has 0 radical (unpaired) electrons. The average molecular weight is 846 g/mol. The number of alkyl halides is 3. The number of nitriles is 1. The van der Waals surface area contributed by atoms with Crippen LogP contribution in [0.4, 0.5) is 37.6 Å². The highest BCUT2D eigenvalue weighted by Gasteiger charge is 2.46. The quantitative estimate of drug-likeness (QED) is 0.106. The van der Waals surface area contributed by atoms with Gasteiger partial charge >= 0.3 is 24.2 Å². The number of hydrogen-bond acceptors (Lipinski definition) is 12. The zero-order valence-corrected chi connectivity index (χ0v) is 33.5. The number of carboxylic acid groups (broad SMARTS) is 1. The maximum atomic E-state index is 17.3. The lowest BCUT2D eigenvalue weighted by atomic mass is 9.92. The zero-order chi connectivity index (χ0) is 42.4. The fourth-order valence-electron chi connectivity index (χ4n) is 8.36. The number of nitrogen functional groups attached to an aromatic ring is 1. The molecule has 3 atom stereocenters. The fourth-order valence-corrected chi connectivity index (χ4v) is 9.31. The largest absolute Gasteiger partial charge is 0.481 e. The van der Waals surface area contributed by atoms with Crippen molar-refractivity contribution < 1.29 is 50.9 Å². The second-order valence-electron chi connectivity index (χ2n) is 16.0. The summed E-state index contributed by atoms with van der Waals surface area (Å²) in [5, 5.41) is 18.1. The number of nitrogens with zero attached hydrogens (tertiary/aromatic N) is 6. The molecule has 2 aromatic heterocycles. The Kier molecular flexibility index (Phi) is 11.8. The van der Waals surface area contributed by atoms with E-state index in [4.69, 9.17) is 25.1 Å². The van der Waals surface area contributed by atoms with Crippen LogP contribution in [0.25, 0.3) is 32.1 Å². The first-order valence-corrected chi connectivity index (χ1v) is 20.2. The number of halogens is 5. The Bertz CT molecular complexity index is 2300. The van der Waals surface area contributed by atoms with Crippen LogP contribution in [-0.2, 0) is 20.4 Å². The third-order valence-electron chi connectivity index (χ3n) is 10.9. The summed E-state index contributed by atoms with van der Waals surface area (Å²) >= 11 is 0.679. The summed E-state index contributed by atoms with van der Waals surface area (Å²) < 4.78 is 95.0. The number of aliphatic carboxylic acids is 1. The maximum Gasteiger partial charge on any atom is 0.417 e. The number of piperazine rings is 1. The molecule has 1 amide bonds. The molecule has 2 aromatic carbocycles. The van der Waals surface area contributed by atoms with Gasteiger partial charge in [0.1, 0.15) is 40.4 Å². The summed E-state index contributed by atoms with van der Waals surface area (Å²) in [7, 11) is 0. The maximum absolute atomic E-state index is 17.3. The molecule has 3 aliphatic rings. The number of fused-ring (bicyclic) bond motifs is 4. The Morgan fingerprint density at radius 1 is 1.08 bits per heavy atom. The third-order valence-corrected chi connectivity index (χ3v) is 11.9. The fraction of sp³-hybridized carbons (Fsp3) is 0.525. The molecule has 3 fully saturated rings. The smallest absolute Gasteiger partial charge is 0.417 e. The number of carbonyl (C=O) groups excluding carboxylic acids is 1. The SMILES string of the molecule is CC(C)(C)OC(=O)N1C2CCC1CN(c1nc(OC[C@@H]3CCCN3CCCOCCC(=O)O)nc3c(F)c(-c4ccc(F)c5sc(N)c(C#N)c45)c(C(F)(F)F)cc13)C2. The van der Waals surface area contributed by atoms with Crippen LogP contribution >= 0.6 is 11.3 Å². The first kappa shape index (κ1) is 42.1. The molecule has 7 rings (SSSR count). The molecule has 5 heterocycles. The molecule has 59 heavy (non-hydrogen) atoms. The summed E-state index contributed by atoms with van der Waals surface area (Å²) in [6.45, 7) is 7.55. The van der Waals surface area contributed by atoms with Crippen molar-refractivity contribution in [3.63, 3.8) is 0 Å². The molecular formula is C40H44F5N7O6S. The van der Waals surface area contributed by atoms with E-state index >= 15 is 22.0 Å². The molecule has 2 bridgehead atoms. The van der Waals surface area contributed by atoms with Gasteiger partial charge in [0.25, 0.3) is 0 Å². The highest BCUT2D eigenvalue weighted by Crippen LogP contribution is 2.48. The van der Waals surface area contributed by atoms with E-state index in [9.17, 15) is 14.9 Å². The summed E-state index contributed by atoms with van der Waals surface area (Å²) in [6, 6.07) is 3.42. The van der Waals surface area contributed by atoms with Crippen LogP contribution in [0.2, 0.25) is 0 Å². The van der Waals surface area contributed by atoms with Gasteiger partial charge in [-0.3, -0.25) is 14.6 Å². The van der Waals surface area contributed by atoms with E-state index in [0.717, 1.165) is 37.6 Å². The molecule has 19 heteroatoms. The van der Waals surface area contributed by atoms with E-state index in [1.54, 1.807) is 30.6 Å². The number of carbonyl (C=O) groups is 2. The van der Waals surface area contributed by atoms with E-state index in [1.807, 2.05) is 6.07 Å². The number of nitrogens with two attached hydrogens (primary N) is 1. The molecule has 2 unspecified atom stereocenters. The number of aromatic nitrogens is 2. The molecule has 3 aliphatic heterocycles. The summed E-state index contributed by atoms with van der Waals surface area (Å²) in [4.78, 5) is 38.6. The number of thiophene rings is 1. The predicted molar refractivity (Wildman–Crippen MR) is 209 cm³/mol. The number of hydrogen-bond donors (Lipinski definition) is 2. The van der Waals surface area contributed by atoms with Gasteiger partial charge in [-0.25, -0.2) is 13.6 Å². The van der Waals surface area contributed by atoms with Crippen molar-refractivity contribution >= 4 is 55.2 Å². The minimum absolute atomic E-state index is 0.00905. The molecule has 4 aromatic rings. The van der Waals surface area contributed by atoms with Gasteiger partial charge in [0, 0.05) is 48.6 Å². The number of likely N-dealkylation sites (tertiary alicyclic amines) is 1. The molecule has 3 N–H and O–H groups in total. The third kappa shape index (κ3) is 8.66. The molecule has 316 valence electrons. The Balaban J connectivity index is 1.29. The Morgan fingerprint density at radius 3 is 2.47 bits per heavy atom. The van der Waals surface area contributed by atoms with Crippen molar-refractivity contribution in [2.24, 2.45) is 0 Å². The second-order valence-corrected chi connectivity index (χ2v) is 17.1. The van der Waals surface area contributed by atoms with Gasteiger partial charge in [-0.15, -0.1) is 11.3 Å². The molecule has 3 saturated heterocycles. The van der Waals surface area contributed by atoms with Crippen molar-refractivity contribution in [2.45, 2.75) is 89.2 Å². The van der Waals surface area contributed by atoms with Crippen molar-refractivity contribution in [1.82, 2.24) is 19.8 Å². The monoisotopic (exact) mass is 845 g/mol. The van der Waals surface area contributed by atoms with Crippen molar-refractivity contribution in [2.75, 3.05) is 56.6 Å². The highest BCUT2D eigenvalue weighted by atomic mass is 32.1. The van der Waals surface area contributed by atoms with E-state index in [1.165, 1.54) is 0 Å². The molecule has 13 nitrogen and oxygen atoms in total. The van der Waals surface area contributed by atoms with Crippen molar-refractivity contribution in [1.29, 1.82) is 5.26 Å². The number of rotatable bonds is 12. The number of amides is 1. The first-order valence-electron chi connectivity index (χ1n) is 19.4. The van der Waals surface area contributed by atoms with Crippen LogP contribution in [0.15, 0.2) is 18.2 Å². The van der Waals surface area contributed by atoms with Gasteiger partial charge in [-0.1, -0.05) is 6.07 Å². The number of ether oxygens (including phenoxy) is 3. The lowest BCUT2D eigenvalue weighted by molar-refractivity contribution is -0.138. The minimum Gasteiger partial charge on any atom is -0.481 e. The summed E-state index contributed by atoms with van der Waals surface area (Å²) in [5.41, 5.74) is 1.81. The van der Waals surface area contributed by atoms with Gasteiger partial charge in [-0.05, 0) is 77.1 Å². The van der Waals surface area contributed by atoms with Crippen molar-refractivity contribution in [3.8, 4) is 23.2 Å². The Morgan fingerprint density at radius 2 is 1.81 bits per heavy atom. The number of carboxylic acids is 1. The number of anilines is 2. The lowest BCUT2D eigenvalue weighted by Gasteiger charge is -2.42. The number of benzene rings is 2. The minimum atomic E-state index is -5.13. The molecule has 0 saturated carbocycles. The van der Waals surface area contributed by atoms with Gasteiger partial charge in [0.15, 0.2) is 5.82 Å². The van der Waals surface area contributed by atoms with Crippen LogP contribution in [0.5, 0.6) is 6.01 Å². The van der Waals surface area contributed by atoms with Gasteiger partial charge < -0.3 is 30.0 Å². The van der Waals surface area contributed by atoms with Crippen LogP contribution in [0, 0.1) is 23.0 Å². The van der Waals surface area contributed by atoms with E-state index in [2.05, 4.69) is 14.9 Å². The van der Waals surface area contributed by atoms with Crippen molar-refractivity contribution in [3.05, 3.63) is 41.0 Å². The van der Waals surface area contributed by atoms with Crippen LogP contribution in [0.1, 0.15) is 70.4 Å². The van der Waals surface area contributed by atoms with Crippen LogP contribution in [-0.4, -0.2) is 107 Å². The van der Waals surface area contributed by atoms with Gasteiger partial charge in [-0.2, -0.15) is 28.4 Å². The van der Waals surface area contributed by atoms with Crippen LogP contribution < -0.4 is 15.4 Å². The average Bonchev–Trinajstić information content (AvgIpc) is 3.84. The zero-order valence-electron chi connectivity index (χ0n) is 32.7. The molecule has 0 spiro atoms. The Hall–Kier alpha value is -5.06. The van der Waals surface area contributed by atoms with Gasteiger partial charge in [0.05, 0.1) is 40.9 Å². The summed E-state index contributed by atoms with van der Waals surface area (Å²) in [5.74, 6) is -3.15. The van der Waals surface area contributed by atoms with Gasteiger partial charge in [0.2, 0.25) is 0 Å². The lowest BCUT2D eigenvalue weighted by Crippen LogP contribution is -2.57. The summed E-state index contributed by atoms with van der Waals surface area (Å²) in [6.07, 6.45) is -2.25. The highest BCUT2D eigenvalue weighted by molar-refractivity contribution is 7.23. The van der Waals surface area contributed by atoms with Crippen LogP contribution in [0.3, 0.4) is 0 Å². The first-order chi connectivity index (χ1) is 27.9. The molecular weight excluding hydrogens is 802 g/mol. The van der Waals surface area contributed by atoms with E-state index < -0.39 is 52.1 Å². The molecule has 0 aliphatic carbocycles.